The maximum Gasteiger partial charge on any atom is 0.319 e. The van der Waals surface area contributed by atoms with Crippen molar-refractivity contribution in [2.45, 2.75) is 19.2 Å². The molecule has 4 N–H and O–H groups in total. The summed E-state index contributed by atoms with van der Waals surface area (Å²) in [6.07, 6.45) is -1.10. The van der Waals surface area contributed by atoms with Gasteiger partial charge < -0.3 is 30.6 Å². The highest BCUT2D eigenvalue weighted by Gasteiger charge is 2.29. The van der Waals surface area contributed by atoms with E-state index >= 15 is 0 Å². The molecule has 2 atom stereocenters. The van der Waals surface area contributed by atoms with Gasteiger partial charge in [-0.15, -0.1) is 0 Å². The summed E-state index contributed by atoms with van der Waals surface area (Å²) in [6, 6.07) is 14.0. The molecule has 1 heterocycles. The third-order valence-electron chi connectivity index (χ3n) is 6.49. The van der Waals surface area contributed by atoms with Crippen LogP contribution in [0.25, 0.3) is 0 Å². The molecule has 1 aliphatic rings. The van der Waals surface area contributed by atoms with Crippen LogP contribution in [0.2, 0.25) is 0 Å². The fourth-order valence-electron chi connectivity index (χ4n) is 4.33. The summed E-state index contributed by atoms with van der Waals surface area (Å²) in [5.74, 6) is -0.216. The molecule has 0 radical (unpaired) electrons. The molecule has 0 saturated carbocycles. The number of aliphatic hydroxyl groups is 1. The lowest BCUT2D eigenvalue weighted by molar-refractivity contribution is -0.0235. The average molecular weight is 494 g/mol. The van der Waals surface area contributed by atoms with Crippen LogP contribution in [0.3, 0.4) is 0 Å². The van der Waals surface area contributed by atoms with E-state index in [9.17, 15) is 24.6 Å². The molecular formula is C26H31N5O5. The van der Waals surface area contributed by atoms with Crippen LogP contribution in [0.15, 0.2) is 58.1 Å². The monoisotopic (exact) mass is 493 g/mol. The van der Waals surface area contributed by atoms with Crippen molar-refractivity contribution in [3.05, 3.63) is 80.1 Å². The number of phenolic OH excluding ortho intramolecular Hbond substituents is 1. The van der Waals surface area contributed by atoms with Crippen molar-refractivity contribution in [1.29, 1.82) is 0 Å². The van der Waals surface area contributed by atoms with Gasteiger partial charge in [-0.2, -0.15) is 0 Å². The molecule has 0 aromatic heterocycles. The summed E-state index contributed by atoms with van der Waals surface area (Å²) in [5, 5.41) is 27.8. The van der Waals surface area contributed by atoms with Gasteiger partial charge in [0.2, 0.25) is 0 Å². The van der Waals surface area contributed by atoms with Crippen LogP contribution in [0.5, 0.6) is 5.75 Å². The quantitative estimate of drug-likeness (QED) is 0.292. The first-order valence-electron chi connectivity index (χ1n) is 11.8. The van der Waals surface area contributed by atoms with E-state index in [1.807, 2.05) is 37.3 Å². The summed E-state index contributed by atoms with van der Waals surface area (Å²) in [7, 11) is 3.39. The Labute approximate surface area is 209 Å². The van der Waals surface area contributed by atoms with Gasteiger partial charge in [-0.3, -0.25) is 14.5 Å². The van der Waals surface area contributed by atoms with Crippen molar-refractivity contribution >= 4 is 23.1 Å². The molecule has 0 spiro atoms. The minimum Gasteiger partial charge on any atom is -0.505 e. The third-order valence-corrected chi connectivity index (χ3v) is 6.49. The van der Waals surface area contributed by atoms with Crippen LogP contribution in [0.4, 0.5) is 21.9 Å². The highest BCUT2D eigenvalue weighted by Crippen LogP contribution is 2.36. The van der Waals surface area contributed by atoms with Gasteiger partial charge in [0.1, 0.15) is 23.4 Å². The Morgan fingerprint density at radius 2 is 1.58 bits per heavy atom. The predicted octanol–water partition coefficient (Wildman–Crippen LogP) is 2.19. The number of benzene rings is 2. The van der Waals surface area contributed by atoms with E-state index in [1.54, 1.807) is 42.1 Å². The Morgan fingerprint density at radius 3 is 2.22 bits per heavy atom. The minimum absolute atomic E-state index is 0.0699. The maximum atomic E-state index is 12.3. The Morgan fingerprint density at radius 1 is 0.944 bits per heavy atom. The number of aromatic hydroxyl groups is 1. The number of rotatable bonds is 7. The molecular weight excluding hydrogens is 462 g/mol. The second-order valence-corrected chi connectivity index (χ2v) is 9.13. The molecule has 4 rings (SSSR count). The molecule has 1 saturated heterocycles. The first kappa shape index (κ1) is 25.2. The van der Waals surface area contributed by atoms with E-state index in [0.717, 1.165) is 5.56 Å². The van der Waals surface area contributed by atoms with Gasteiger partial charge in [0, 0.05) is 51.9 Å². The Balaban J connectivity index is 1.48. The number of nitrogens with zero attached hydrogens (tertiary/aromatic N) is 3. The lowest BCUT2D eigenvalue weighted by Gasteiger charge is -2.38. The second-order valence-electron chi connectivity index (χ2n) is 9.13. The second kappa shape index (κ2) is 10.4. The fraction of sp³-hybridized carbons (Fsp3) is 0.346. The Hall–Kier alpha value is -3.89. The number of amides is 2. The SMILES string of the molecule is C[C@@H](Nc1c(Nc2cccc(C(O)N3CCN(C(=O)N(C)C)CC3)c2O)c(=O)c1=O)c1ccccc1. The molecule has 0 aliphatic carbocycles. The Bertz CT molecular complexity index is 1290. The molecule has 2 amide bonds. The van der Waals surface area contributed by atoms with Crippen molar-refractivity contribution in [2.24, 2.45) is 0 Å². The molecule has 10 nitrogen and oxygen atoms in total. The number of hydrogen-bond acceptors (Lipinski definition) is 8. The number of para-hydroxylation sites is 1. The number of anilines is 3. The van der Waals surface area contributed by atoms with Crippen LogP contribution >= 0.6 is 0 Å². The third kappa shape index (κ3) is 4.91. The number of phenols is 1. The summed E-state index contributed by atoms with van der Waals surface area (Å²) < 4.78 is 0. The zero-order chi connectivity index (χ0) is 26.0. The first-order valence-corrected chi connectivity index (χ1v) is 11.8. The smallest absolute Gasteiger partial charge is 0.319 e. The van der Waals surface area contributed by atoms with Crippen LogP contribution in [0.1, 0.15) is 30.3 Å². The number of urea groups is 1. The van der Waals surface area contributed by atoms with Gasteiger partial charge in [-0.25, -0.2) is 4.79 Å². The molecule has 0 bridgehead atoms. The van der Waals surface area contributed by atoms with Crippen LogP contribution in [-0.4, -0.2) is 71.2 Å². The van der Waals surface area contributed by atoms with Gasteiger partial charge in [0.25, 0.3) is 10.9 Å². The van der Waals surface area contributed by atoms with Gasteiger partial charge in [-0.05, 0) is 18.6 Å². The van der Waals surface area contributed by atoms with E-state index in [1.165, 1.54) is 4.90 Å². The average Bonchev–Trinajstić information content (AvgIpc) is 2.90. The van der Waals surface area contributed by atoms with Crippen molar-refractivity contribution in [3.63, 3.8) is 0 Å². The molecule has 36 heavy (non-hydrogen) atoms. The van der Waals surface area contributed by atoms with Crippen molar-refractivity contribution < 1.29 is 15.0 Å². The number of nitrogens with one attached hydrogen (secondary N) is 2. The zero-order valence-corrected chi connectivity index (χ0v) is 20.6. The highest BCUT2D eigenvalue weighted by molar-refractivity contribution is 5.81. The zero-order valence-electron chi connectivity index (χ0n) is 20.6. The maximum absolute atomic E-state index is 12.3. The largest absolute Gasteiger partial charge is 0.505 e. The molecule has 3 aromatic carbocycles. The van der Waals surface area contributed by atoms with Crippen LogP contribution in [-0.2, 0) is 0 Å². The molecule has 10 heteroatoms. The van der Waals surface area contributed by atoms with Gasteiger partial charge >= 0.3 is 6.03 Å². The standard InChI is InChI=1S/C26H31N5O5/c1-16(17-8-5-4-6-9-17)27-20-21(24(34)23(20)33)28-19-11-7-10-18(22(19)32)25(35)30-12-14-31(15-13-30)26(36)29(2)3/h4-11,16,25,27-28,32,35H,12-15H2,1-3H3/t16-,25?/m1/s1. The Kier molecular flexibility index (Phi) is 7.27. The number of carbonyl (C=O) groups excluding carboxylic acids is 1. The molecule has 190 valence electrons. The van der Waals surface area contributed by atoms with Crippen LogP contribution < -0.4 is 21.5 Å². The lowest BCUT2D eigenvalue weighted by Crippen LogP contribution is -2.52. The van der Waals surface area contributed by atoms with Gasteiger partial charge in [-0.1, -0.05) is 42.5 Å². The van der Waals surface area contributed by atoms with Gasteiger partial charge in [0.15, 0.2) is 0 Å². The highest BCUT2D eigenvalue weighted by atomic mass is 16.3. The number of hydrogen-bond donors (Lipinski definition) is 4. The number of carbonyl (C=O) groups is 1. The minimum atomic E-state index is -1.10. The van der Waals surface area contributed by atoms with E-state index in [0.29, 0.717) is 26.2 Å². The lowest BCUT2D eigenvalue weighted by atomic mass is 10.1. The predicted molar refractivity (Wildman–Crippen MR) is 138 cm³/mol. The van der Waals surface area contributed by atoms with Crippen molar-refractivity contribution in [3.8, 4) is 5.75 Å². The van der Waals surface area contributed by atoms with E-state index in [2.05, 4.69) is 10.6 Å². The molecule has 3 aromatic rings. The summed E-state index contributed by atoms with van der Waals surface area (Å²) >= 11 is 0. The van der Waals surface area contributed by atoms with Crippen molar-refractivity contribution in [1.82, 2.24) is 14.7 Å². The van der Waals surface area contributed by atoms with Crippen LogP contribution in [0, 0.1) is 0 Å². The molecule has 1 aliphatic heterocycles. The van der Waals surface area contributed by atoms with Gasteiger partial charge in [0.05, 0.1) is 5.69 Å². The summed E-state index contributed by atoms with van der Waals surface area (Å²) in [4.78, 5) is 41.7. The fourth-order valence-corrected chi connectivity index (χ4v) is 4.33. The number of aliphatic hydroxyl groups excluding tert-OH is 1. The van der Waals surface area contributed by atoms with E-state index < -0.39 is 17.1 Å². The van der Waals surface area contributed by atoms with E-state index in [-0.39, 0.29) is 40.4 Å². The van der Waals surface area contributed by atoms with Crippen molar-refractivity contribution in [2.75, 3.05) is 50.9 Å². The summed E-state index contributed by atoms with van der Waals surface area (Å²) in [6.45, 7) is 3.65. The molecule has 1 fully saturated rings. The normalized spacial score (nSPS) is 15.9. The summed E-state index contributed by atoms with van der Waals surface area (Å²) in [5.41, 5.74) is 0.348. The molecule has 1 unspecified atom stereocenters. The first-order chi connectivity index (χ1) is 17.2. The topological polar surface area (TPSA) is 125 Å². The van der Waals surface area contributed by atoms with E-state index in [4.69, 9.17) is 0 Å². The number of piperazine rings is 1.